The summed E-state index contributed by atoms with van der Waals surface area (Å²) < 4.78 is 32.7. The molecule has 1 aliphatic heterocycles. The minimum atomic E-state index is -3.51. The van der Waals surface area contributed by atoms with E-state index < -0.39 is 10.0 Å². The zero-order chi connectivity index (χ0) is 14.8. The Morgan fingerprint density at radius 3 is 2.90 bits per heavy atom. The summed E-state index contributed by atoms with van der Waals surface area (Å²) in [6.45, 7) is 5.03. The van der Waals surface area contributed by atoms with Gasteiger partial charge in [-0.1, -0.05) is 6.07 Å². The van der Waals surface area contributed by atoms with Gasteiger partial charge in [0.05, 0.1) is 11.5 Å². The van der Waals surface area contributed by atoms with Crippen LogP contribution in [-0.4, -0.2) is 34.7 Å². The number of nitrogens with one attached hydrogen (secondary N) is 2. The molecule has 0 amide bonds. The average Bonchev–Trinajstić information content (AvgIpc) is 2.38. The zero-order valence-electron chi connectivity index (χ0n) is 12.2. The molecule has 1 atom stereocenters. The molecular formula is C14H22N2O3S. The Morgan fingerprint density at radius 2 is 2.20 bits per heavy atom. The quantitative estimate of drug-likeness (QED) is 0.867. The molecule has 0 aromatic heterocycles. The van der Waals surface area contributed by atoms with Crippen molar-refractivity contribution in [3.63, 3.8) is 0 Å². The van der Waals surface area contributed by atoms with Gasteiger partial charge in [0.25, 0.3) is 0 Å². The van der Waals surface area contributed by atoms with Crippen LogP contribution in [0, 0.1) is 6.92 Å². The van der Waals surface area contributed by atoms with Crippen molar-refractivity contribution in [2.24, 2.45) is 0 Å². The van der Waals surface area contributed by atoms with Gasteiger partial charge in [-0.3, -0.25) is 0 Å². The fourth-order valence-electron chi connectivity index (χ4n) is 2.58. The second-order valence-electron chi connectivity index (χ2n) is 5.24. The van der Waals surface area contributed by atoms with E-state index >= 15 is 0 Å². The molecule has 1 aromatic carbocycles. The minimum Gasteiger partial charge on any atom is -0.385 e. The molecule has 0 bridgehead atoms. The number of methoxy groups -OCH3 is 1. The van der Waals surface area contributed by atoms with Crippen LogP contribution < -0.4 is 10.0 Å². The first-order chi connectivity index (χ1) is 9.45. The van der Waals surface area contributed by atoms with Crippen molar-refractivity contribution in [3.05, 3.63) is 23.3 Å². The predicted molar refractivity (Wildman–Crippen MR) is 79.6 cm³/mol. The van der Waals surface area contributed by atoms with Crippen LogP contribution in [0.3, 0.4) is 0 Å². The maximum atomic E-state index is 12.5. The molecule has 5 nitrogen and oxygen atoms in total. The van der Waals surface area contributed by atoms with E-state index in [9.17, 15) is 8.42 Å². The Bertz CT molecular complexity index is 584. The van der Waals surface area contributed by atoms with E-state index in [0.29, 0.717) is 11.5 Å². The summed E-state index contributed by atoms with van der Waals surface area (Å²) in [5.74, 6) is 0. The molecular weight excluding hydrogens is 276 g/mol. The van der Waals surface area contributed by atoms with Crippen LogP contribution in [0.15, 0.2) is 17.0 Å². The molecule has 2 N–H and O–H groups in total. The molecule has 112 valence electrons. The highest BCUT2D eigenvalue weighted by atomic mass is 32.2. The SMILES string of the molecule is COCC(C)NS(=O)(=O)c1ccc(C)c2c1CCCN2. The van der Waals surface area contributed by atoms with Crippen molar-refractivity contribution in [3.8, 4) is 0 Å². The first-order valence-corrected chi connectivity index (χ1v) is 8.31. The van der Waals surface area contributed by atoms with Crippen molar-refractivity contribution in [1.29, 1.82) is 0 Å². The molecule has 0 saturated carbocycles. The van der Waals surface area contributed by atoms with Crippen LogP contribution in [0.1, 0.15) is 24.5 Å². The number of aryl methyl sites for hydroxylation is 1. The maximum absolute atomic E-state index is 12.5. The van der Waals surface area contributed by atoms with Crippen molar-refractivity contribution < 1.29 is 13.2 Å². The van der Waals surface area contributed by atoms with Gasteiger partial charge in [-0.2, -0.15) is 0 Å². The Hall–Kier alpha value is -1.11. The first kappa shape index (κ1) is 15.3. The van der Waals surface area contributed by atoms with Gasteiger partial charge in [0, 0.05) is 25.4 Å². The second kappa shape index (κ2) is 6.11. The average molecular weight is 298 g/mol. The number of ether oxygens (including phenoxy) is 1. The van der Waals surface area contributed by atoms with Crippen molar-refractivity contribution >= 4 is 15.7 Å². The standard InChI is InChI=1S/C14H22N2O3S/c1-10-6-7-13(12-5-4-8-15-14(10)12)20(17,18)16-11(2)9-19-3/h6-7,11,15-16H,4-5,8-9H2,1-3H3. The van der Waals surface area contributed by atoms with Crippen LogP contribution in [0.5, 0.6) is 0 Å². The molecule has 0 aliphatic carbocycles. The molecule has 1 unspecified atom stereocenters. The number of sulfonamides is 1. The number of anilines is 1. The lowest BCUT2D eigenvalue weighted by molar-refractivity contribution is 0.180. The van der Waals surface area contributed by atoms with Crippen molar-refractivity contribution in [1.82, 2.24) is 4.72 Å². The summed E-state index contributed by atoms with van der Waals surface area (Å²) in [5.41, 5.74) is 2.95. The van der Waals surface area contributed by atoms with E-state index in [1.54, 1.807) is 20.1 Å². The number of rotatable bonds is 5. The molecule has 1 aromatic rings. The lowest BCUT2D eigenvalue weighted by Gasteiger charge is -2.24. The van der Waals surface area contributed by atoms with E-state index in [4.69, 9.17) is 4.74 Å². The van der Waals surface area contributed by atoms with Crippen LogP contribution in [0.4, 0.5) is 5.69 Å². The maximum Gasteiger partial charge on any atom is 0.241 e. The fraction of sp³-hybridized carbons (Fsp3) is 0.571. The summed E-state index contributed by atoms with van der Waals surface area (Å²) >= 11 is 0. The highest BCUT2D eigenvalue weighted by Crippen LogP contribution is 2.31. The number of benzene rings is 1. The third kappa shape index (κ3) is 3.13. The van der Waals surface area contributed by atoms with Gasteiger partial charge in [-0.05, 0) is 43.9 Å². The summed E-state index contributed by atoms with van der Waals surface area (Å²) in [4.78, 5) is 0.383. The molecule has 1 heterocycles. The molecule has 6 heteroatoms. The highest BCUT2D eigenvalue weighted by molar-refractivity contribution is 7.89. The third-order valence-corrected chi connectivity index (χ3v) is 5.12. The Labute approximate surface area is 120 Å². The summed E-state index contributed by atoms with van der Waals surface area (Å²) in [7, 11) is -1.95. The van der Waals surface area contributed by atoms with Crippen molar-refractivity contribution in [2.75, 3.05) is 25.6 Å². The van der Waals surface area contributed by atoms with Crippen LogP contribution in [0.2, 0.25) is 0 Å². The zero-order valence-corrected chi connectivity index (χ0v) is 13.0. The van der Waals surface area contributed by atoms with Gasteiger partial charge < -0.3 is 10.1 Å². The molecule has 0 radical (unpaired) electrons. The van der Waals surface area contributed by atoms with E-state index in [0.717, 1.165) is 36.2 Å². The topological polar surface area (TPSA) is 67.4 Å². The molecule has 0 fully saturated rings. The van der Waals surface area contributed by atoms with Gasteiger partial charge >= 0.3 is 0 Å². The van der Waals surface area contributed by atoms with Crippen LogP contribution >= 0.6 is 0 Å². The van der Waals surface area contributed by atoms with Gasteiger partial charge in [0.15, 0.2) is 0 Å². The number of hydrogen-bond donors (Lipinski definition) is 2. The molecule has 0 saturated heterocycles. The molecule has 0 spiro atoms. The highest BCUT2D eigenvalue weighted by Gasteiger charge is 2.24. The van der Waals surface area contributed by atoms with E-state index in [1.807, 2.05) is 13.0 Å². The summed E-state index contributed by atoms with van der Waals surface area (Å²) in [6, 6.07) is 3.30. The van der Waals surface area contributed by atoms with E-state index in [1.165, 1.54) is 0 Å². The first-order valence-electron chi connectivity index (χ1n) is 6.83. The van der Waals surface area contributed by atoms with Gasteiger partial charge in [-0.25, -0.2) is 13.1 Å². The Balaban J connectivity index is 2.37. The molecule has 20 heavy (non-hydrogen) atoms. The fourth-order valence-corrected chi connectivity index (χ4v) is 4.08. The number of fused-ring (bicyclic) bond motifs is 1. The summed E-state index contributed by atoms with van der Waals surface area (Å²) in [5, 5.41) is 3.30. The lowest BCUT2D eigenvalue weighted by atomic mass is 10.00. The smallest absolute Gasteiger partial charge is 0.241 e. The monoisotopic (exact) mass is 298 g/mol. The number of hydrogen-bond acceptors (Lipinski definition) is 4. The second-order valence-corrected chi connectivity index (χ2v) is 6.92. The normalized spacial score (nSPS) is 16.4. The molecule has 2 rings (SSSR count). The van der Waals surface area contributed by atoms with E-state index in [2.05, 4.69) is 10.0 Å². The van der Waals surface area contributed by atoms with Gasteiger partial charge in [0.2, 0.25) is 10.0 Å². The largest absolute Gasteiger partial charge is 0.385 e. The Kier molecular flexibility index (Phi) is 4.67. The van der Waals surface area contributed by atoms with Gasteiger partial charge in [0.1, 0.15) is 0 Å². The Morgan fingerprint density at radius 1 is 1.45 bits per heavy atom. The van der Waals surface area contributed by atoms with E-state index in [-0.39, 0.29) is 6.04 Å². The summed E-state index contributed by atoms with van der Waals surface area (Å²) in [6.07, 6.45) is 1.74. The van der Waals surface area contributed by atoms with Crippen molar-refractivity contribution in [2.45, 2.75) is 37.6 Å². The predicted octanol–water partition coefficient (Wildman–Crippen LogP) is 1.67. The van der Waals surface area contributed by atoms with Crippen LogP contribution in [0.25, 0.3) is 0 Å². The lowest BCUT2D eigenvalue weighted by Crippen LogP contribution is -2.36. The third-order valence-electron chi connectivity index (χ3n) is 3.45. The van der Waals surface area contributed by atoms with Gasteiger partial charge in [-0.15, -0.1) is 0 Å². The molecule has 1 aliphatic rings. The minimum absolute atomic E-state index is 0.251. The van der Waals surface area contributed by atoms with Crippen LogP contribution in [-0.2, 0) is 21.2 Å².